The molecule has 1 saturated carbocycles. The maximum Gasteiger partial charge on any atom is 0.270 e. The maximum atomic E-state index is 12.5. The van der Waals surface area contributed by atoms with E-state index in [2.05, 4.69) is 17.2 Å². The number of halogens is 2. The molecule has 3 rings (SSSR count). The van der Waals surface area contributed by atoms with Crippen LogP contribution in [0.5, 0.6) is 5.75 Å². The van der Waals surface area contributed by atoms with Crippen LogP contribution < -0.4 is 10.1 Å². The minimum Gasteiger partial charge on any atom is -0.486 e. The van der Waals surface area contributed by atoms with Crippen molar-refractivity contribution in [1.29, 1.82) is 0 Å². The van der Waals surface area contributed by atoms with E-state index in [9.17, 15) is 4.79 Å². The predicted octanol–water partition coefficient (Wildman–Crippen LogP) is 5.28. The van der Waals surface area contributed by atoms with Crippen LogP contribution in [0.3, 0.4) is 0 Å². The minimum absolute atomic E-state index is 0.132. The minimum atomic E-state index is -0.132. The zero-order valence-corrected chi connectivity index (χ0v) is 16.2. The second-order valence-corrected chi connectivity index (χ2v) is 7.57. The van der Waals surface area contributed by atoms with E-state index < -0.39 is 0 Å². The number of benzene rings is 1. The van der Waals surface area contributed by atoms with Gasteiger partial charge in [0.05, 0.1) is 10.7 Å². The fraction of sp³-hybridized carbons (Fsp3) is 0.400. The third kappa shape index (κ3) is 4.89. The summed E-state index contributed by atoms with van der Waals surface area (Å²) in [6, 6.07) is 10.8. The first-order chi connectivity index (χ1) is 12.5. The summed E-state index contributed by atoms with van der Waals surface area (Å²) in [5, 5.41) is 3.90. The molecule has 1 aliphatic carbocycles. The first-order valence-corrected chi connectivity index (χ1v) is 9.62. The monoisotopic (exact) mass is 392 g/mol. The topological polar surface area (TPSA) is 51.2 Å². The van der Waals surface area contributed by atoms with E-state index in [0.717, 1.165) is 31.6 Å². The van der Waals surface area contributed by atoms with Gasteiger partial charge < -0.3 is 10.1 Å². The van der Waals surface area contributed by atoms with Crippen LogP contribution in [0.1, 0.15) is 48.8 Å². The highest BCUT2D eigenvalue weighted by Gasteiger charge is 2.20. The molecule has 0 atom stereocenters. The molecule has 0 radical (unpaired) electrons. The first kappa shape index (κ1) is 19.0. The van der Waals surface area contributed by atoms with Gasteiger partial charge in [-0.05, 0) is 55.9 Å². The van der Waals surface area contributed by atoms with E-state index >= 15 is 0 Å². The number of amides is 1. The summed E-state index contributed by atoms with van der Waals surface area (Å²) in [7, 11) is 0. The summed E-state index contributed by atoms with van der Waals surface area (Å²) in [5.41, 5.74) is 1.06. The number of carbonyl (C=O) groups excluding carboxylic acids is 1. The molecule has 1 amide bonds. The molecule has 1 aromatic carbocycles. The second-order valence-electron chi connectivity index (χ2n) is 6.79. The van der Waals surface area contributed by atoms with Crippen LogP contribution >= 0.6 is 23.2 Å². The van der Waals surface area contributed by atoms with E-state index in [-0.39, 0.29) is 18.6 Å². The average Bonchev–Trinajstić information content (AvgIpc) is 2.65. The van der Waals surface area contributed by atoms with Crippen LogP contribution in [0, 0.1) is 5.92 Å². The van der Waals surface area contributed by atoms with Crippen molar-refractivity contribution in [2.45, 2.75) is 45.3 Å². The van der Waals surface area contributed by atoms with E-state index in [1.807, 2.05) is 12.1 Å². The van der Waals surface area contributed by atoms with Gasteiger partial charge in [0.2, 0.25) is 0 Å². The van der Waals surface area contributed by atoms with Crippen molar-refractivity contribution in [3.05, 3.63) is 57.8 Å². The highest BCUT2D eigenvalue weighted by Crippen LogP contribution is 2.31. The van der Waals surface area contributed by atoms with E-state index in [1.165, 1.54) is 0 Å². The zero-order chi connectivity index (χ0) is 18.5. The second kappa shape index (κ2) is 8.74. The first-order valence-electron chi connectivity index (χ1n) is 8.86. The number of pyridine rings is 1. The van der Waals surface area contributed by atoms with Gasteiger partial charge in [0.25, 0.3) is 5.91 Å². The third-order valence-corrected chi connectivity index (χ3v) is 5.48. The van der Waals surface area contributed by atoms with Crippen molar-refractivity contribution in [2.75, 3.05) is 0 Å². The van der Waals surface area contributed by atoms with Gasteiger partial charge in [0, 0.05) is 6.04 Å². The fourth-order valence-corrected chi connectivity index (χ4v) is 3.44. The molecule has 1 N–H and O–H groups in total. The van der Waals surface area contributed by atoms with E-state index in [0.29, 0.717) is 27.2 Å². The molecule has 0 spiro atoms. The highest BCUT2D eigenvalue weighted by molar-refractivity contribution is 6.42. The van der Waals surface area contributed by atoms with Crippen LogP contribution in [0.15, 0.2) is 36.4 Å². The van der Waals surface area contributed by atoms with Gasteiger partial charge in [-0.25, -0.2) is 4.98 Å². The molecule has 1 aromatic heterocycles. The molecule has 0 unspecified atom stereocenters. The summed E-state index contributed by atoms with van der Waals surface area (Å²) in [6.07, 6.45) is 4.38. The number of hydrogen-bond acceptors (Lipinski definition) is 3. The van der Waals surface area contributed by atoms with E-state index in [1.54, 1.807) is 24.3 Å². The Morgan fingerprint density at radius 2 is 1.88 bits per heavy atom. The Morgan fingerprint density at radius 3 is 2.65 bits per heavy atom. The SMILES string of the molecule is CC1CCC(NC(=O)c2cccc(COc3cccc(Cl)c3Cl)n2)CC1. The zero-order valence-electron chi connectivity index (χ0n) is 14.7. The lowest BCUT2D eigenvalue weighted by atomic mass is 9.87. The Hall–Kier alpha value is -1.78. The normalized spacial score (nSPS) is 19.8. The van der Waals surface area contributed by atoms with Crippen molar-refractivity contribution < 1.29 is 9.53 Å². The van der Waals surface area contributed by atoms with Gasteiger partial charge in [0.15, 0.2) is 0 Å². The largest absolute Gasteiger partial charge is 0.486 e. The molecule has 0 saturated heterocycles. The average molecular weight is 393 g/mol. The quantitative estimate of drug-likeness (QED) is 0.752. The summed E-state index contributed by atoms with van der Waals surface area (Å²) in [6.45, 7) is 2.47. The summed E-state index contributed by atoms with van der Waals surface area (Å²) in [4.78, 5) is 16.9. The van der Waals surface area contributed by atoms with Gasteiger partial charge in [-0.15, -0.1) is 0 Å². The molecule has 6 heteroatoms. The van der Waals surface area contributed by atoms with Crippen molar-refractivity contribution in [1.82, 2.24) is 10.3 Å². The molecule has 1 heterocycles. The number of carbonyl (C=O) groups is 1. The number of hydrogen-bond donors (Lipinski definition) is 1. The molecule has 0 aliphatic heterocycles. The van der Waals surface area contributed by atoms with Crippen molar-refractivity contribution in [3.63, 3.8) is 0 Å². The Labute approximate surface area is 163 Å². The van der Waals surface area contributed by atoms with Crippen molar-refractivity contribution in [2.24, 2.45) is 5.92 Å². The summed E-state index contributed by atoms with van der Waals surface area (Å²) < 4.78 is 5.69. The third-order valence-electron chi connectivity index (χ3n) is 4.68. The molecule has 1 aliphatic rings. The maximum absolute atomic E-state index is 12.5. The molecular weight excluding hydrogens is 371 g/mol. The van der Waals surface area contributed by atoms with Crippen LogP contribution in [-0.2, 0) is 6.61 Å². The van der Waals surface area contributed by atoms with Crippen LogP contribution in [0.25, 0.3) is 0 Å². The lowest BCUT2D eigenvalue weighted by molar-refractivity contribution is 0.0917. The lowest BCUT2D eigenvalue weighted by Crippen LogP contribution is -2.37. The molecule has 0 bridgehead atoms. The Kier molecular flexibility index (Phi) is 6.38. The summed E-state index contributed by atoms with van der Waals surface area (Å²) in [5.74, 6) is 1.11. The fourth-order valence-electron chi connectivity index (χ4n) is 3.10. The molecule has 4 nitrogen and oxygen atoms in total. The molecule has 2 aromatic rings. The standard InChI is InChI=1S/C20H22Cl2N2O2/c1-13-8-10-14(11-9-13)24-20(25)17-6-2-4-15(23-17)12-26-18-7-3-5-16(21)19(18)22/h2-7,13-14H,8-12H2,1H3,(H,24,25). The Bertz CT molecular complexity index is 774. The van der Waals surface area contributed by atoms with Crippen LogP contribution in [0.4, 0.5) is 0 Å². The highest BCUT2D eigenvalue weighted by atomic mass is 35.5. The van der Waals surface area contributed by atoms with Gasteiger partial charge in [-0.3, -0.25) is 4.79 Å². The van der Waals surface area contributed by atoms with Crippen molar-refractivity contribution in [3.8, 4) is 5.75 Å². The van der Waals surface area contributed by atoms with Crippen LogP contribution in [0.2, 0.25) is 10.0 Å². The number of aromatic nitrogens is 1. The number of nitrogens with one attached hydrogen (secondary N) is 1. The van der Waals surface area contributed by atoms with Gasteiger partial charge in [-0.2, -0.15) is 0 Å². The van der Waals surface area contributed by atoms with Gasteiger partial charge in [0.1, 0.15) is 23.1 Å². The van der Waals surface area contributed by atoms with Gasteiger partial charge in [-0.1, -0.05) is 42.3 Å². The molecule has 138 valence electrons. The predicted molar refractivity (Wildman–Crippen MR) is 104 cm³/mol. The Balaban J connectivity index is 1.60. The van der Waals surface area contributed by atoms with Crippen LogP contribution in [-0.4, -0.2) is 16.9 Å². The number of ether oxygens (including phenoxy) is 1. The number of rotatable bonds is 5. The molecule has 26 heavy (non-hydrogen) atoms. The van der Waals surface area contributed by atoms with E-state index in [4.69, 9.17) is 27.9 Å². The molecular formula is C20H22Cl2N2O2. The number of nitrogens with zero attached hydrogens (tertiary/aromatic N) is 1. The van der Waals surface area contributed by atoms with Gasteiger partial charge >= 0.3 is 0 Å². The molecule has 1 fully saturated rings. The Morgan fingerprint density at radius 1 is 1.15 bits per heavy atom. The summed E-state index contributed by atoms with van der Waals surface area (Å²) >= 11 is 12.1. The smallest absolute Gasteiger partial charge is 0.270 e. The van der Waals surface area contributed by atoms with Crippen molar-refractivity contribution >= 4 is 29.1 Å². The lowest BCUT2D eigenvalue weighted by Gasteiger charge is -2.26.